The van der Waals surface area contributed by atoms with Gasteiger partial charge in [-0.25, -0.2) is 9.59 Å². The predicted octanol–water partition coefficient (Wildman–Crippen LogP) is 3.78. The van der Waals surface area contributed by atoms with Crippen molar-refractivity contribution in [3.8, 4) is 0 Å². The van der Waals surface area contributed by atoms with Gasteiger partial charge in [0.15, 0.2) is 0 Å². The van der Waals surface area contributed by atoms with Crippen LogP contribution in [0, 0.1) is 0 Å². The number of aryl methyl sites for hydroxylation is 1. The Hall–Kier alpha value is -2.50. The van der Waals surface area contributed by atoms with Crippen LogP contribution < -0.4 is 0 Å². The average molecular weight is 362 g/mol. The minimum absolute atomic E-state index is 0.0218. The SMILES string of the molecule is CCCCc1ccc(C(=O)OC(C)=O)c(C(=O)OC(C)=O)c1CCCC. The second-order valence-corrected chi connectivity index (χ2v) is 6.10. The molecule has 6 heteroatoms. The van der Waals surface area contributed by atoms with Gasteiger partial charge in [-0.1, -0.05) is 32.8 Å². The first-order valence-electron chi connectivity index (χ1n) is 8.91. The number of esters is 4. The van der Waals surface area contributed by atoms with Crippen molar-refractivity contribution < 1.29 is 28.7 Å². The van der Waals surface area contributed by atoms with Gasteiger partial charge in [0.05, 0.1) is 11.1 Å². The van der Waals surface area contributed by atoms with Crippen molar-refractivity contribution >= 4 is 23.9 Å². The van der Waals surface area contributed by atoms with Gasteiger partial charge in [0.1, 0.15) is 0 Å². The van der Waals surface area contributed by atoms with Gasteiger partial charge in [-0.15, -0.1) is 0 Å². The number of carbonyl (C=O) groups is 4. The number of rotatable bonds is 8. The van der Waals surface area contributed by atoms with E-state index >= 15 is 0 Å². The standard InChI is InChI=1S/C20H26O6/c1-5-7-9-15-11-12-17(19(23)25-13(3)21)18(16(15)10-8-6-2)20(24)26-14(4)22/h11-12H,5-10H2,1-4H3. The number of ether oxygens (including phenoxy) is 2. The lowest BCUT2D eigenvalue weighted by Gasteiger charge is -2.17. The lowest BCUT2D eigenvalue weighted by molar-refractivity contribution is -0.136. The van der Waals surface area contributed by atoms with E-state index in [0.29, 0.717) is 12.0 Å². The van der Waals surface area contributed by atoms with Crippen LogP contribution in [0.25, 0.3) is 0 Å². The highest BCUT2D eigenvalue weighted by molar-refractivity contribution is 6.08. The van der Waals surface area contributed by atoms with Crippen molar-refractivity contribution in [2.75, 3.05) is 0 Å². The number of hydrogen-bond donors (Lipinski definition) is 0. The van der Waals surface area contributed by atoms with Crippen molar-refractivity contribution in [1.82, 2.24) is 0 Å². The van der Waals surface area contributed by atoms with Crippen molar-refractivity contribution in [3.05, 3.63) is 34.4 Å². The minimum atomic E-state index is -0.923. The van der Waals surface area contributed by atoms with Crippen LogP contribution >= 0.6 is 0 Å². The molecule has 0 amide bonds. The molecule has 0 aromatic heterocycles. The normalized spacial score (nSPS) is 10.3. The number of benzene rings is 1. The summed E-state index contributed by atoms with van der Waals surface area (Å²) in [6, 6.07) is 3.24. The van der Waals surface area contributed by atoms with E-state index in [4.69, 9.17) is 4.74 Å². The van der Waals surface area contributed by atoms with Crippen molar-refractivity contribution in [1.29, 1.82) is 0 Å². The summed E-state index contributed by atoms with van der Waals surface area (Å²) < 4.78 is 9.38. The zero-order valence-electron chi connectivity index (χ0n) is 15.8. The molecule has 0 bridgehead atoms. The smallest absolute Gasteiger partial charge is 0.346 e. The van der Waals surface area contributed by atoms with Crippen LogP contribution in [0.2, 0.25) is 0 Å². The molecule has 0 heterocycles. The molecule has 0 aliphatic rings. The van der Waals surface area contributed by atoms with E-state index < -0.39 is 23.9 Å². The molecule has 0 aliphatic heterocycles. The molecular weight excluding hydrogens is 336 g/mol. The molecule has 1 aromatic carbocycles. The van der Waals surface area contributed by atoms with Gasteiger partial charge >= 0.3 is 23.9 Å². The van der Waals surface area contributed by atoms with Crippen LogP contribution in [0.15, 0.2) is 12.1 Å². The summed E-state index contributed by atoms with van der Waals surface area (Å²) in [6.07, 6.45) is 4.93. The highest BCUT2D eigenvalue weighted by Gasteiger charge is 2.26. The fourth-order valence-electron chi connectivity index (χ4n) is 2.70. The first-order chi connectivity index (χ1) is 12.3. The van der Waals surface area contributed by atoms with Crippen LogP contribution in [-0.2, 0) is 31.9 Å². The predicted molar refractivity (Wildman–Crippen MR) is 95.9 cm³/mol. The maximum Gasteiger partial charge on any atom is 0.346 e. The maximum atomic E-state index is 12.5. The summed E-state index contributed by atoms with van der Waals surface area (Å²) in [5.41, 5.74) is 1.59. The lowest BCUT2D eigenvalue weighted by atomic mass is 9.90. The van der Waals surface area contributed by atoms with Gasteiger partial charge in [0.2, 0.25) is 0 Å². The third-order valence-corrected chi connectivity index (χ3v) is 3.89. The van der Waals surface area contributed by atoms with Crippen LogP contribution in [0.4, 0.5) is 0 Å². The van der Waals surface area contributed by atoms with Gasteiger partial charge in [0.25, 0.3) is 0 Å². The molecule has 1 aromatic rings. The van der Waals surface area contributed by atoms with Crippen molar-refractivity contribution in [3.63, 3.8) is 0 Å². The molecular formula is C20H26O6. The first-order valence-corrected chi connectivity index (χ1v) is 8.91. The van der Waals surface area contributed by atoms with E-state index in [9.17, 15) is 19.2 Å². The summed E-state index contributed by atoms with van der Waals surface area (Å²) in [5, 5.41) is 0. The third-order valence-electron chi connectivity index (χ3n) is 3.89. The van der Waals surface area contributed by atoms with E-state index in [0.717, 1.165) is 51.5 Å². The van der Waals surface area contributed by atoms with Crippen LogP contribution in [0.3, 0.4) is 0 Å². The average Bonchev–Trinajstić information content (AvgIpc) is 2.56. The molecule has 0 fully saturated rings. The number of carbonyl (C=O) groups excluding carboxylic acids is 4. The van der Waals surface area contributed by atoms with E-state index in [-0.39, 0.29) is 11.1 Å². The molecule has 0 saturated carbocycles. The van der Waals surface area contributed by atoms with Gasteiger partial charge in [-0.2, -0.15) is 0 Å². The van der Waals surface area contributed by atoms with Gasteiger partial charge in [0, 0.05) is 13.8 Å². The molecule has 0 N–H and O–H groups in total. The molecule has 26 heavy (non-hydrogen) atoms. The van der Waals surface area contributed by atoms with E-state index in [1.165, 1.54) is 6.07 Å². The van der Waals surface area contributed by atoms with Crippen molar-refractivity contribution in [2.45, 2.75) is 66.2 Å². The maximum absolute atomic E-state index is 12.5. The van der Waals surface area contributed by atoms with Crippen molar-refractivity contribution in [2.24, 2.45) is 0 Å². The summed E-state index contributed by atoms with van der Waals surface area (Å²) in [7, 11) is 0. The summed E-state index contributed by atoms with van der Waals surface area (Å²) in [5.74, 6) is -3.35. The molecule has 0 spiro atoms. The van der Waals surface area contributed by atoms with Gasteiger partial charge < -0.3 is 9.47 Å². The fraction of sp³-hybridized carbons (Fsp3) is 0.500. The highest BCUT2D eigenvalue weighted by Crippen LogP contribution is 2.25. The van der Waals surface area contributed by atoms with Gasteiger partial charge in [-0.05, 0) is 42.9 Å². The number of unbranched alkanes of at least 4 members (excludes halogenated alkanes) is 2. The summed E-state index contributed by atoms with van der Waals surface area (Å²) in [4.78, 5) is 47.2. The number of hydrogen-bond acceptors (Lipinski definition) is 6. The molecule has 0 saturated heterocycles. The largest absolute Gasteiger partial charge is 0.390 e. The Labute approximate surface area is 153 Å². The third kappa shape index (κ3) is 6.10. The molecule has 1 rings (SSSR count). The minimum Gasteiger partial charge on any atom is -0.390 e. The zero-order chi connectivity index (χ0) is 19.7. The first kappa shape index (κ1) is 21.5. The topological polar surface area (TPSA) is 86.7 Å². The molecule has 0 radical (unpaired) electrons. The Morgan fingerprint density at radius 3 is 1.88 bits per heavy atom. The second-order valence-electron chi connectivity index (χ2n) is 6.10. The summed E-state index contributed by atoms with van der Waals surface area (Å²) in [6.45, 7) is 6.32. The Bertz CT molecular complexity index is 690. The Kier molecular flexibility index (Phi) is 8.68. The zero-order valence-corrected chi connectivity index (χ0v) is 15.8. The quantitative estimate of drug-likeness (QED) is 0.517. The molecule has 0 atom stereocenters. The molecule has 0 aliphatic carbocycles. The fourth-order valence-corrected chi connectivity index (χ4v) is 2.70. The second kappa shape index (κ2) is 10.5. The Morgan fingerprint density at radius 1 is 0.808 bits per heavy atom. The van der Waals surface area contributed by atoms with Crippen LogP contribution in [-0.4, -0.2) is 23.9 Å². The Morgan fingerprint density at radius 2 is 1.35 bits per heavy atom. The monoisotopic (exact) mass is 362 g/mol. The lowest BCUT2D eigenvalue weighted by Crippen LogP contribution is -2.20. The summed E-state index contributed by atoms with van der Waals surface area (Å²) >= 11 is 0. The van der Waals surface area contributed by atoms with Gasteiger partial charge in [-0.3, -0.25) is 9.59 Å². The van der Waals surface area contributed by atoms with Crippen LogP contribution in [0.1, 0.15) is 85.2 Å². The highest BCUT2D eigenvalue weighted by atomic mass is 16.6. The van der Waals surface area contributed by atoms with Crippen LogP contribution in [0.5, 0.6) is 0 Å². The molecule has 142 valence electrons. The molecule has 6 nitrogen and oxygen atoms in total. The van der Waals surface area contributed by atoms with E-state index in [2.05, 4.69) is 11.7 Å². The van der Waals surface area contributed by atoms with E-state index in [1.807, 2.05) is 6.92 Å². The Balaban J connectivity index is 3.52. The molecule has 0 unspecified atom stereocenters. The van der Waals surface area contributed by atoms with E-state index in [1.54, 1.807) is 6.07 Å².